The molecule has 0 spiro atoms. The molecule has 5 aromatic rings. The van der Waals surface area contributed by atoms with Gasteiger partial charge in [-0.25, -0.2) is 4.98 Å². The van der Waals surface area contributed by atoms with Gasteiger partial charge in [-0.2, -0.15) is 0 Å². The number of hydrogen-bond acceptors (Lipinski definition) is 10. The van der Waals surface area contributed by atoms with Gasteiger partial charge in [-0.15, -0.1) is 0 Å². The van der Waals surface area contributed by atoms with Crippen molar-refractivity contribution in [3.8, 4) is 51.3 Å². The summed E-state index contributed by atoms with van der Waals surface area (Å²) >= 11 is 1.41. The first-order chi connectivity index (χ1) is 19.4. The summed E-state index contributed by atoms with van der Waals surface area (Å²) in [5.41, 5.74) is 3.93. The highest BCUT2D eigenvalue weighted by atomic mass is 32.1. The van der Waals surface area contributed by atoms with Crippen LogP contribution in [0.25, 0.3) is 32.8 Å². The third kappa shape index (κ3) is 5.50. The van der Waals surface area contributed by atoms with E-state index in [1.165, 1.54) is 18.4 Å². The largest absolute Gasteiger partial charge is 0.493 e. The van der Waals surface area contributed by atoms with E-state index in [9.17, 15) is 4.79 Å². The van der Waals surface area contributed by atoms with Crippen molar-refractivity contribution in [2.75, 3.05) is 40.4 Å². The maximum Gasteiger partial charge on any atom is 0.264 e. The average Bonchev–Trinajstić information content (AvgIpc) is 3.62. The molecule has 0 aliphatic heterocycles. The predicted octanol–water partition coefficient (Wildman–Crippen LogP) is 5.98. The molecule has 1 N–H and O–H groups in total. The second-order valence-electron chi connectivity index (χ2n) is 8.68. The molecule has 10 nitrogen and oxygen atoms in total. The number of nitrogens with one attached hydrogen (secondary N) is 1. The Kier molecular flexibility index (Phi) is 7.74. The van der Waals surface area contributed by atoms with Gasteiger partial charge in [0.05, 0.1) is 38.7 Å². The first-order valence-electron chi connectivity index (χ1n) is 12.2. The molecule has 0 saturated heterocycles. The van der Waals surface area contributed by atoms with Crippen molar-refractivity contribution in [2.45, 2.75) is 6.92 Å². The Labute approximate surface area is 234 Å². The first-order valence-corrected chi connectivity index (χ1v) is 13.0. The number of benzene rings is 3. The number of hydrogen-bond donors (Lipinski definition) is 1. The molecule has 0 aliphatic carbocycles. The van der Waals surface area contributed by atoms with Gasteiger partial charge >= 0.3 is 0 Å². The highest BCUT2D eigenvalue weighted by Crippen LogP contribution is 2.42. The Morgan fingerprint density at radius 3 is 2.27 bits per heavy atom. The molecule has 1 amide bonds. The number of anilines is 1. The lowest BCUT2D eigenvalue weighted by molar-refractivity contribution is -0.118. The standard InChI is InChI=1S/C29H27N3O7S/c1-16-6-8-19-26(10-16)40-29(30-19)31-27(33)15-38-23-11-17(7-9-21(23)34-2)22-14-20(32-39-22)18-12-24(35-3)28(37-5)25(13-18)36-4/h6-14H,15H2,1-5H3,(H,30,31,33). The molecule has 2 aromatic heterocycles. The van der Waals surface area contributed by atoms with Crippen LogP contribution >= 0.6 is 11.3 Å². The molecule has 0 radical (unpaired) electrons. The van der Waals surface area contributed by atoms with Gasteiger partial charge in [-0.1, -0.05) is 22.6 Å². The maximum atomic E-state index is 12.6. The van der Waals surface area contributed by atoms with Gasteiger partial charge in [-0.05, 0) is 55.0 Å². The number of rotatable bonds is 10. The quantitative estimate of drug-likeness (QED) is 0.220. The fourth-order valence-electron chi connectivity index (χ4n) is 4.10. The van der Waals surface area contributed by atoms with Crippen molar-refractivity contribution >= 4 is 32.6 Å². The van der Waals surface area contributed by atoms with Gasteiger partial charge in [0.25, 0.3) is 5.91 Å². The monoisotopic (exact) mass is 561 g/mol. The first kappa shape index (κ1) is 26.8. The SMILES string of the molecule is COc1ccc(-c2cc(-c3cc(OC)c(OC)c(OC)c3)no2)cc1OCC(=O)Nc1nc2ccc(C)cc2s1. The van der Waals surface area contributed by atoms with Crippen LogP contribution in [0.1, 0.15) is 5.56 Å². The Balaban J connectivity index is 1.33. The van der Waals surface area contributed by atoms with Gasteiger partial charge in [0.15, 0.2) is 40.5 Å². The average molecular weight is 562 g/mol. The summed E-state index contributed by atoms with van der Waals surface area (Å²) in [6.45, 7) is 1.78. The lowest BCUT2D eigenvalue weighted by Gasteiger charge is -2.13. The topological polar surface area (TPSA) is 114 Å². The Morgan fingerprint density at radius 1 is 0.850 bits per heavy atom. The number of ether oxygens (including phenoxy) is 5. The van der Waals surface area contributed by atoms with Gasteiger partial charge < -0.3 is 28.2 Å². The molecular formula is C29H27N3O7S. The molecule has 5 rings (SSSR count). The van der Waals surface area contributed by atoms with Gasteiger partial charge in [0, 0.05) is 17.2 Å². The summed E-state index contributed by atoms with van der Waals surface area (Å²) in [6, 6.07) is 16.6. The molecule has 40 heavy (non-hydrogen) atoms. The number of thiazole rings is 1. The molecule has 0 unspecified atom stereocenters. The van der Waals surface area contributed by atoms with Crippen LogP contribution in [0.4, 0.5) is 5.13 Å². The fourth-order valence-corrected chi connectivity index (χ4v) is 5.08. The third-order valence-corrected chi connectivity index (χ3v) is 7.00. The van der Waals surface area contributed by atoms with Crippen molar-refractivity contribution in [1.82, 2.24) is 10.1 Å². The number of amides is 1. The molecule has 206 valence electrons. The Morgan fingerprint density at radius 2 is 1.57 bits per heavy atom. The summed E-state index contributed by atoms with van der Waals surface area (Å²) in [5.74, 6) is 2.48. The lowest BCUT2D eigenvalue weighted by Crippen LogP contribution is -2.20. The molecule has 0 fully saturated rings. The molecule has 11 heteroatoms. The van der Waals surface area contributed by atoms with E-state index < -0.39 is 0 Å². The molecule has 0 atom stereocenters. The van der Waals surface area contributed by atoms with Crippen molar-refractivity contribution in [3.63, 3.8) is 0 Å². The molecule has 2 heterocycles. The van der Waals surface area contributed by atoms with E-state index in [1.54, 1.807) is 51.7 Å². The zero-order valence-electron chi connectivity index (χ0n) is 22.6. The van der Waals surface area contributed by atoms with E-state index in [4.69, 9.17) is 28.2 Å². The van der Waals surface area contributed by atoms with Crippen molar-refractivity contribution in [1.29, 1.82) is 0 Å². The van der Waals surface area contributed by atoms with Crippen LogP contribution in [0.5, 0.6) is 28.7 Å². The highest BCUT2D eigenvalue weighted by Gasteiger charge is 2.18. The van der Waals surface area contributed by atoms with Crippen LogP contribution in [0, 0.1) is 6.92 Å². The van der Waals surface area contributed by atoms with E-state index in [0.717, 1.165) is 21.3 Å². The van der Waals surface area contributed by atoms with Crippen LogP contribution in [0.2, 0.25) is 0 Å². The van der Waals surface area contributed by atoms with Crippen LogP contribution in [-0.2, 0) is 4.79 Å². The highest BCUT2D eigenvalue weighted by molar-refractivity contribution is 7.22. The molecule has 3 aromatic carbocycles. The van der Waals surface area contributed by atoms with E-state index in [-0.39, 0.29) is 12.5 Å². The Bertz CT molecular complexity index is 1650. The van der Waals surface area contributed by atoms with E-state index >= 15 is 0 Å². The smallest absolute Gasteiger partial charge is 0.264 e. The van der Waals surface area contributed by atoms with Crippen molar-refractivity contribution < 1.29 is 33.0 Å². The summed E-state index contributed by atoms with van der Waals surface area (Å²) in [5, 5.41) is 7.52. The zero-order chi connectivity index (χ0) is 28.2. The van der Waals surface area contributed by atoms with Gasteiger partial charge in [0.1, 0.15) is 5.69 Å². The van der Waals surface area contributed by atoms with Crippen LogP contribution in [-0.4, -0.2) is 51.1 Å². The summed E-state index contributed by atoms with van der Waals surface area (Å²) in [4.78, 5) is 17.1. The number of methoxy groups -OCH3 is 4. The minimum Gasteiger partial charge on any atom is -0.493 e. The molecule has 0 aliphatic rings. The number of fused-ring (bicyclic) bond motifs is 1. The minimum absolute atomic E-state index is 0.234. The number of aromatic nitrogens is 2. The van der Waals surface area contributed by atoms with Gasteiger partial charge in [-0.3, -0.25) is 10.1 Å². The van der Waals surface area contributed by atoms with Gasteiger partial charge in [0.2, 0.25) is 5.75 Å². The summed E-state index contributed by atoms with van der Waals surface area (Å²) in [7, 11) is 6.17. The van der Waals surface area contributed by atoms with Crippen LogP contribution in [0.15, 0.2) is 59.1 Å². The van der Waals surface area contributed by atoms with E-state index in [0.29, 0.717) is 50.9 Å². The summed E-state index contributed by atoms with van der Waals surface area (Å²) < 4.78 is 34.2. The minimum atomic E-state index is -0.340. The van der Waals surface area contributed by atoms with Crippen molar-refractivity contribution in [2.24, 2.45) is 0 Å². The normalized spacial score (nSPS) is 10.8. The predicted molar refractivity (Wildman–Crippen MR) is 152 cm³/mol. The lowest BCUT2D eigenvalue weighted by atomic mass is 10.1. The Hall–Kier alpha value is -4.77. The zero-order valence-corrected chi connectivity index (χ0v) is 23.4. The van der Waals surface area contributed by atoms with E-state index in [1.807, 2.05) is 31.2 Å². The van der Waals surface area contributed by atoms with Crippen LogP contribution < -0.4 is 29.0 Å². The van der Waals surface area contributed by atoms with Crippen LogP contribution in [0.3, 0.4) is 0 Å². The number of nitrogens with zero attached hydrogens (tertiary/aromatic N) is 2. The maximum absolute atomic E-state index is 12.6. The third-order valence-electron chi connectivity index (χ3n) is 6.07. The molecular weight excluding hydrogens is 534 g/mol. The second kappa shape index (κ2) is 11.5. The van der Waals surface area contributed by atoms with Crippen molar-refractivity contribution in [3.05, 3.63) is 60.2 Å². The summed E-state index contributed by atoms with van der Waals surface area (Å²) in [6.07, 6.45) is 0. The molecule has 0 bridgehead atoms. The number of aryl methyl sites for hydroxylation is 1. The second-order valence-corrected chi connectivity index (χ2v) is 9.71. The fraction of sp³-hybridized carbons (Fsp3) is 0.207. The number of carbonyl (C=O) groups excluding carboxylic acids is 1. The van der Waals surface area contributed by atoms with E-state index in [2.05, 4.69) is 15.5 Å². The molecule has 0 saturated carbocycles. The number of carbonyl (C=O) groups is 1.